The molecule has 2 saturated heterocycles. The summed E-state index contributed by atoms with van der Waals surface area (Å²) in [5, 5.41) is 14.2. The van der Waals surface area contributed by atoms with E-state index in [0.29, 0.717) is 46.5 Å². The molecule has 12 heteroatoms. The highest BCUT2D eigenvalue weighted by Gasteiger charge is 2.34. The number of hydrogen-bond acceptors (Lipinski definition) is 10. The number of ether oxygens (including phenoxy) is 2. The van der Waals surface area contributed by atoms with Gasteiger partial charge in [0.2, 0.25) is 10.8 Å². The third-order valence-corrected chi connectivity index (χ3v) is 9.27. The molecule has 0 bridgehead atoms. The maximum Gasteiger partial charge on any atom is 0.251 e. The molecule has 2 unspecified atom stereocenters. The van der Waals surface area contributed by atoms with Crippen LogP contribution in [0.3, 0.4) is 0 Å². The van der Waals surface area contributed by atoms with Crippen LogP contribution in [0.25, 0.3) is 0 Å². The van der Waals surface area contributed by atoms with Crippen LogP contribution in [-0.2, 0) is 22.3 Å². The van der Waals surface area contributed by atoms with Crippen LogP contribution in [0, 0.1) is 5.41 Å². The first kappa shape index (κ1) is 29.2. The molecular weight excluding hydrogens is 542 g/mol. The molecule has 41 heavy (non-hydrogen) atoms. The highest BCUT2D eigenvalue weighted by molar-refractivity contribution is 7.91. The normalized spacial score (nSPS) is 20.8. The summed E-state index contributed by atoms with van der Waals surface area (Å²) in [5.74, 6) is 2.48. The molecule has 3 aliphatic rings. The van der Waals surface area contributed by atoms with Crippen LogP contribution in [0.1, 0.15) is 55.6 Å². The van der Waals surface area contributed by atoms with Crippen molar-refractivity contribution in [3.63, 3.8) is 0 Å². The smallest absolute Gasteiger partial charge is 0.251 e. The van der Waals surface area contributed by atoms with Gasteiger partial charge in [-0.2, -0.15) is 4.98 Å². The standard InChI is InChI=1S/C29H39N7O4S/c1-18(31)24(17-30)19(2)32-28(37)20-3-5-22(6-4-20)40-23-7-12-36(13-8-23)29-34-25-11-16-41(38)26(25)27(35-29)33-21-9-14-39-15-10-21/h3-6,17,19,21,23,31H,7-16,30H2,1-2H3,(H,32,37)(H,33,34,35)/b24-17+,31-18?. The maximum absolute atomic E-state index is 12.7. The minimum Gasteiger partial charge on any atom is -0.611 e. The molecule has 4 heterocycles. The van der Waals surface area contributed by atoms with E-state index in [9.17, 15) is 9.35 Å². The second kappa shape index (κ2) is 13.1. The van der Waals surface area contributed by atoms with Gasteiger partial charge >= 0.3 is 0 Å². The zero-order valence-corrected chi connectivity index (χ0v) is 24.5. The van der Waals surface area contributed by atoms with Gasteiger partial charge in [-0.05, 0) is 62.1 Å². The van der Waals surface area contributed by atoms with E-state index in [4.69, 9.17) is 30.6 Å². The number of hydrogen-bond donors (Lipinski definition) is 4. The molecule has 2 fully saturated rings. The van der Waals surface area contributed by atoms with Crippen molar-refractivity contribution >= 4 is 34.6 Å². The Labute approximate surface area is 244 Å². The summed E-state index contributed by atoms with van der Waals surface area (Å²) in [4.78, 5) is 25.3. The molecule has 5 rings (SSSR count). The molecule has 0 radical (unpaired) electrons. The average Bonchev–Trinajstić information content (AvgIpc) is 3.35. The van der Waals surface area contributed by atoms with E-state index in [0.717, 1.165) is 62.6 Å². The molecule has 1 aromatic carbocycles. The number of rotatable bonds is 9. The van der Waals surface area contributed by atoms with E-state index in [1.165, 1.54) is 6.20 Å². The van der Waals surface area contributed by atoms with Crippen molar-refractivity contribution in [2.24, 2.45) is 5.73 Å². The lowest BCUT2D eigenvalue weighted by Gasteiger charge is -2.32. The van der Waals surface area contributed by atoms with E-state index in [1.54, 1.807) is 26.0 Å². The van der Waals surface area contributed by atoms with E-state index in [2.05, 4.69) is 15.5 Å². The number of benzene rings is 1. The summed E-state index contributed by atoms with van der Waals surface area (Å²) in [6.45, 7) is 6.40. The number of carbonyl (C=O) groups is 1. The van der Waals surface area contributed by atoms with Gasteiger partial charge in [0, 0.05) is 74.7 Å². The molecule has 3 aliphatic heterocycles. The predicted molar refractivity (Wildman–Crippen MR) is 159 cm³/mol. The Hall–Kier alpha value is -3.35. The number of nitrogens with one attached hydrogen (secondary N) is 3. The molecule has 0 aliphatic carbocycles. The number of nitrogens with zero attached hydrogens (tertiary/aromatic N) is 3. The largest absolute Gasteiger partial charge is 0.611 e. The van der Waals surface area contributed by atoms with Crippen molar-refractivity contribution in [1.29, 1.82) is 5.41 Å². The highest BCUT2D eigenvalue weighted by Crippen LogP contribution is 2.34. The Morgan fingerprint density at radius 1 is 1.22 bits per heavy atom. The SMILES string of the molecule is CC(=N)/C(=C\N)C(C)NC(=O)c1ccc(OC2CCN(c3nc4c(c(NC5CCOCC5)n3)[S+]([O-])CC4)CC2)cc1. The lowest BCUT2D eigenvalue weighted by atomic mass is 10.1. The number of anilines is 2. The number of nitrogens with two attached hydrogens (primary N) is 1. The molecule has 1 amide bonds. The first-order valence-corrected chi connectivity index (χ1v) is 15.6. The van der Waals surface area contributed by atoms with Gasteiger partial charge in [-0.1, -0.05) is 0 Å². The van der Waals surface area contributed by atoms with E-state index >= 15 is 0 Å². The highest BCUT2D eigenvalue weighted by atomic mass is 32.2. The van der Waals surface area contributed by atoms with Gasteiger partial charge in [0.15, 0.2) is 5.82 Å². The predicted octanol–water partition coefficient (Wildman–Crippen LogP) is 2.78. The number of aromatic nitrogens is 2. The van der Waals surface area contributed by atoms with Gasteiger partial charge in [0.1, 0.15) is 23.3 Å². The quantitative estimate of drug-likeness (QED) is 0.258. The zero-order valence-electron chi connectivity index (χ0n) is 23.7. The molecule has 220 valence electrons. The van der Waals surface area contributed by atoms with Gasteiger partial charge in [0.25, 0.3) is 5.91 Å². The van der Waals surface area contributed by atoms with Crippen LogP contribution >= 0.6 is 0 Å². The van der Waals surface area contributed by atoms with Crippen molar-refractivity contribution in [1.82, 2.24) is 15.3 Å². The van der Waals surface area contributed by atoms with Crippen LogP contribution in [0.4, 0.5) is 11.8 Å². The second-order valence-electron chi connectivity index (χ2n) is 10.7. The van der Waals surface area contributed by atoms with Crippen LogP contribution in [0.15, 0.2) is 40.9 Å². The summed E-state index contributed by atoms with van der Waals surface area (Å²) < 4.78 is 24.4. The maximum atomic E-state index is 12.7. The molecule has 0 spiro atoms. The average molecular weight is 582 g/mol. The van der Waals surface area contributed by atoms with E-state index in [-0.39, 0.29) is 24.1 Å². The Kier molecular flexibility index (Phi) is 9.31. The van der Waals surface area contributed by atoms with Gasteiger partial charge < -0.3 is 40.7 Å². The third kappa shape index (κ3) is 6.94. The Balaban J connectivity index is 1.17. The number of carbonyl (C=O) groups excluding carboxylic acids is 1. The number of amides is 1. The van der Waals surface area contributed by atoms with Crippen LogP contribution in [0.2, 0.25) is 0 Å². The third-order valence-electron chi connectivity index (χ3n) is 7.81. The Morgan fingerprint density at radius 3 is 2.59 bits per heavy atom. The minimum absolute atomic E-state index is 0.0422. The van der Waals surface area contributed by atoms with Crippen molar-refractivity contribution in [2.45, 2.75) is 69.0 Å². The molecule has 0 saturated carbocycles. The molecule has 2 aromatic rings. The van der Waals surface area contributed by atoms with Crippen LogP contribution in [0.5, 0.6) is 5.75 Å². The zero-order chi connectivity index (χ0) is 28.9. The van der Waals surface area contributed by atoms with Gasteiger partial charge in [-0.15, -0.1) is 0 Å². The molecule has 1 aromatic heterocycles. The van der Waals surface area contributed by atoms with Crippen molar-refractivity contribution in [3.05, 3.63) is 47.3 Å². The summed E-state index contributed by atoms with van der Waals surface area (Å²) in [6, 6.07) is 7.00. The summed E-state index contributed by atoms with van der Waals surface area (Å²) in [6.07, 6.45) is 5.55. The van der Waals surface area contributed by atoms with Crippen LogP contribution < -0.4 is 26.0 Å². The Bertz CT molecular complexity index is 1270. The lowest BCUT2D eigenvalue weighted by Crippen LogP contribution is -2.39. The lowest BCUT2D eigenvalue weighted by molar-refractivity contribution is 0.0903. The summed E-state index contributed by atoms with van der Waals surface area (Å²) >= 11 is -1.07. The topological polar surface area (TPSA) is 162 Å². The van der Waals surface area contributed by atoms with Crippen molar-refractivity contribution < 1.29 is 18.8 Å². The molecule has 2 atom stereocenters. The van der Waals surface area contributed by atoms with E-state index < -0.39 is 11.2 Å². The van der Waals surface area contributed by atoms with Crippen molar-refractivity contribution in [3.8, 4) is 5.75 Å². The van der Waals surface area contributed by atoms with Gasteiger partial charge in [0.05, 0.1) is 6.04 Å². The fraction of sp³-hybridized carbons (Fsp3) is 0.517. The minimum atomic E-state index is -1.07. The second-order valence-corrected chi connectivity index (χ2v) is 12.3. The fourth-order valence-electron chi connectivity index (χ4n) is 5.46. The van der Waals surface area contributed by atoms with Crippen molar-refractivity contribution in [2.75, 3.05) is 42.3 Å². The first-order valence-electron chi connectivity index (χ1n) is 14.3. The van der Waals surface area contributed by atoms with Gasteiger partial charge in [-0.3, -0.25) is 4.79 Å². The van der Waals surface area contributed by atoms with E-state index in [1.807, 2.05) is 12.1 Å². The van der Waals surface area contributed by atoms with Crippen LogP contribution in [-0.4, -0.2) is 76.4 Å². The summed E-state index contributed by atoms with van der Waals surface area (Å²) in [5.41, 5.74) is 7.91. The molecule has 5 N–H and O–H groups in total. The fourth-order valence-corrected chi connectivity index (χ4v) is 6.77. The molecule has 11 nitrogen and oxygen atoms in total. The Morgan fingerprint density at radius 2 is 1.93 bits per heavy atom. The monoisotopic (exact) mass is 581 g/mol. The summed E-state index contributed by atoms with van der Waals surface area (Å²) in [7, 11) is 0. The molecular formula is C29H39N7O4S. The number of aryl methyl sites for hydroxylation is 1. The number of fused-ring (bicyclic) bond motifs is 1. The first-order chi connectivity index (χ1) is 19.8. The number of piperidine rings is 1. The van der Waals surface area contributed by atoms with Gasteiger partial charge in [-0.25, -0.2) is 4.98 Å².